The van der Waals surface area contributed by atoms with Gasteiger partial charge in [0.05, 0.1) is 19.4 Å². The van der Waals surface area contributed by atoms with Crippen LogP contribution in [-0.2, 0) is 6.54 Å². The molecule has 3 heterocycles. The molecular weight excluding hydrogens is 316 g/mol. The fourth-order valence-corrected chi connectivity index (χ4v) is 2.84. The summed E-state index contributed by atoms with van der Waals surface area (Å²) in [7, 11) is 2.11. The molecule has 6 heteroatoms. The molecule has 0 spiro atoms. The Labute approximate surface area is 148 Å². The zero-order valence-electron chi connectivity index (χ0n) is 14.4. The van der Waals surface area contributed by atoms with Gasteiger partial charge in [-0.3, -0.25) is 4.79 Å². The molecular formula is C19H22N4O2. The van der Waals surface area contributed by atoms with Gasteiger partial charge < -0.3 is 19.1 Å². The van der Waals surface area contributed by atoms with Gasteiger partial charge in [-0.15, -0.1) is 6.42 Å². The summed E-state index contributed by atoms with van der Waals surface area (Å²) >= 11 is 0. The average molecular weight is 338 g/mol. The van der Waals surface area contributed by atoms with Gasteiger partial charge >= 0.3 is 0 Å². The van der Waals surface area contributed by atoms with Crippen LogP contribution in [-0.4, -0.2) is 60.5 Å². The SMILES string of the molecule is C#CCN(Cc1ccco1)C(=O)c1ccnc(N2CCN(C)CC2)c1. The molecule has 1 aliphatic heterocycles. The number of hydrogen-bond donors (Lipinski definition) is 0. The zero-order chi connectivity index (χ0) is 17.6. The van der Waals surface area contributed by atoms with Crippen LogP contribution in [0.15, 0.2) is 41.1 Å². The Morgan fingerprint density at radius 3 is 2.84 bits per heavy atom. The lowest BCUT2D eigenvalue weighted by Gasteiger charge is -2.33. The van der Waals surface area contributed by atoms with Crippen molar-refractivity contribution in [2.75, 3.05) is 44.7 Å². The first-order chi connectivity index (χ1) is 12.2. The topological polar surface area (TPSA) is 52.8 Å². The average Bonchev–Trinajstić information content (AvgIpc) is 3.15. The third-order valence-electron chi connectivity index (χ3n) is 4.32. The summed E-state index contributed by atoms with van der Waals surface area (Å²) in [5.74, 6) is 3.96. The van der Waals surface area contributed by atoms with Gasteiger partial charge in [0, 0.05) is 37.9 Å². The van der Waals surface area contributed by atoms with E-state index in [1.165, 1.54) is 0 Å². The van der Waals surface area contributed by atoms with Crippen molar-refractivity contribution in [1.82, 2.24) is 14.8 Å². The number of carbonyl (C=O) groups is 1. The van der Waals surface area contributed by atoms with Crippen LogP contribution in [0, 0.1) is 12.3 Å². The number of hydrogen-bond acceptors (Lipinski definition) is 5. The van der Waals surface area contributed by atoms with Crippen LogP contribution in [0.4, 0.5) is 5.82 Å². The molecule has 1 amide bonds. The Bertz CT molecular complexity index is 743. The van der Waals surface area contributed by atoms with E-state index < -0.39 is 0 Å². The third-order valence-corrected chi connectivity index (χ3v) is 4.32. The molecule has 6 nitrogen and oxygen atoms in total. The van der Waals surface area contributed by atoms with Crippen molar-refractivity contribution < 1.29 is 9.21 Å². The lowest BCUT2D eigenvalue weighted by atomic mass is 10.2. The summed E-state index contributed by atoms with van der Waals surface area (Å²) in [6.45, 7) is 4.36. The van der Waals surface area contributed by atoms with Crippen molar-refractivity contribution in [3.05, 3.63) is 48.0 Å². The van der Waals surface area contributed by atoms with E-state index in [9.17, 15) is 4.79 Å². The Morgan fingerprint density at radius 2 is 2.16 bits per heavy atom. The van der Waals surface area contributed by atoms with E-state index in [-0.39, 0.29) is 12.5 Å². The molecule has 0 aliphatic carbocycles. The molecule has 3 rings (SSSR count). The number of aromatic nitrogens is 1. The molecule has 0 aromatic carbocycles. The second kappa shape index (κ2) is 7.86. The van der Waals surface area contributed by atoms with E-state index in [0.29, 0.717) is 17.9 Å². The van der Waals surface area contributed by atoms with Crippen LogP contribution in [0.5, 0.6) is 0 Å². The van der Waals surface area contributed by atoms with E-state index >= 15 is 0 Å². The highest BCUT2D eigenvalue weighted by Gasteiger charge is 2.20. The van der Waals surface area contributed by atoms with E-state index in [0.717, 1.165) is 32.0 Å². The zero-order valence-corrected chi connectivity index (χ0v) is 14.4. The van der Waals surface area contributed by atoms with Crippen molar-refractivity contribution in [2.45, 2.75) is 6.54 Å². The first-order valence-electron chi connectivity index (χ1n) is 8.32. The largest absolute Gasteiger partial charge is 0.467 e. The van der Waals surface area contributed by atoms with Crippen LogP contribution in [0.25, 0.3) is 0 Å². The normalized spacial score (nSPS) is 15.0. The van der Waals surface area contributed by atoms with Gasteiger partial charge in [0.15, 0.2) is 0 Å². The minimum Gasteiger partial charge on any atom is -0.467 e. The fraction of sp³-hybridized carbons (Fsp3) is 0.368. The van der Waals surface area contributed by atoms with Crippen LogP contribution in [0.3, 0.4) is 0 Å². The third kappa shape index (κ3) is 4.20. The molecule has 0 unspecified atom stereocenters. The van der Waals surface area contributed by atoms with Crippen LogP contribution >= 0.6 is 0 Å². The number of nitrogens with zero attached hydrogens (tertiary/aromatic N) is 4. The number of pyridine rings is 1. The van der Waals surface area contributed by atoms with Gasteiger partial charge in [-0.2, -0.15) is 0 Å². The number of rotatable bonds is 5. The molecule has 2 aromatic rings. The summed E-state index contributed by atoms with van der Waals surface area (Å²) in [5.41, 5.74) is 0.589. The molecule has 25 heavy (non-hydrogen) atoms. The number of terminal acetylenes is 1. The second-order valence-electron chi connectivity index (χ2n) is 6.14. The molecule has 2 aromatic heterocycles. The van der Waals surface area contributed by atoms with Crippen molar-refractivity contribution >= 4 is 11.7 Å². The summed E-state index contributed by atoms with van der Waals surface area (Å²) < 4.78 is 5.34. The maximum Gasteiger partial charge on any atom is 0.255 e. The summed E-state index contributed by atoms with van der Waals surface area (Å²) in [6.07, 6.45) is 8.71. The van der Waals surface area contributed by atoms with E-state index in [2.05, 4.69) is 27.8 Å². The molecule has 1 fully saturated rings. The number of anilines is 1. The van der Waals surface area contributed by atoms with Gasteiger partial charge in [0.25, 0.3) is 5.91 Å². The highest BCUT2D eigenvalue weighted by Crippen LogP contribution is 2.17. The van der Waals surface area contributed by atoms with Crippen molar-refractivity contribution in [3.63, 3.8) is 0 Å². The van der Waals surface area contributed by atoms with Crippen molar-refractivity contribution in [1.29, 1.82) is 0 Å². The highest BCUT2D eigenvalue weighted by molar-refractivity contribution is 5.95. The predicted molar refractivity (Wildman–Crippen MR) is 96.2 cm³/mol. The Hall–Kier alpha value is -2.78. The molecule has 0 radical (unpaired) electrons. The van der Waals surface area contributed by atoms with Crippen LogP contribution in [0.2, 0.25) is 0 Å². The van der Waals surface area contributed by atoms with Gasteiger partial charge in [0.1, 0.15) is 11.6 Å². The fourth-order valence-electron chi connectivity index (χ4n) is 2.84. The van der Waals surface area contributed by atoms with Crippen molar-refractivity contribution in [3.8, 4) is 12.3 Å². The van der Waals surface area contributed by atoms with Gasteiger partial charge in [-0.05, 0) is 31.3 Å². The molecule has 0 N–H and O–H groups in total. The minimum absolute atomic E-state index is 0.118. The second-order valence-corrected chi connectivity index (χ2v) is 6.14. The summed E-state index contributed by atoms with van der Waals surface area (Å²) in [6, 6.07) is 7.21. The lowest BCUT2D eigenvalue weighted by molar-refractivity contribution is 0.0755. The van der Waals surface area contributed by atoms with Gasteiger partial charge in [-0.1, -0.05) is 5.92 Å². The number of furan rings is 1. The number of likely N-dealkylation sites (N-methyl/N-ethyl adjacent to an activating group) is 1. The van der Waals surface area contributed by atoms with Crippen LogP contribution < -0.4 is 4.90 Å². The van der Waals surface area contributed by atoms with E-state index in [4.69, 9.17) is 10.8 Å². The summed E-state index contributed by atoms with van der Waals surface area (Å²) in [4.78, 5) is 23.4. The first kappa shape index (κ1) is 17.1. The van der Waals surface area contributed by atoms with Crippen molar-refractivity contribution in [2.24, 2.45) is 0 Å². The van der Waals surface area contributed by atoms with Crippen LogP contribution in [0.1, 0.15) is 16.1 Å². The quantitative estimate of drug-likeness (QED) is 0.777. The molecule has 1 saturated heterocycles. The Kier molecular flexibility index (Phi) is 5.36. The molecule has 0 saturated carbocycles. The minimum atomic E-state index is -0.118. The van der Waals surface area contributed by atoms with Gasteiger partial charge in [-0.25, -0.2) is 4.98 Å². The molecule has 0 atom stereocenters. The molecule has 130 valence electrons. The first-order valence-corrected chi connectivity index (χ1v) is 8.32. The monoisotopic (exact) mass is 338 g/mol. The Balaban J connectivity index is 1.76. The van der Waals surface area contributed by atoms with E-state index in [1.807, 2.05) is 12.1 Å². The number of piperazine rings is 1. The maximum atomic E-state index is 12.9. The smallest absolute Gasteiger partial charge is 0.255 e. The number of carbonyl (C=O) groups excluding carboxylic acids is 1. The standard InChI is InChI=1S/C19H22N4O2/c1-3-8-23(15-17-5-4-13-25-17)19(24)16-6-7-20-18(14-16)22-11-9-21(2)10-12-22/h1,4-7,13-14H,8-12,15H2,2H3. The highest BCUT2D eigenvalue weighted by atomic mass is 16.3. The molecule has 1 aliphatic rings. The Morgan fingerprint density at radius 1 is 1.36 bits per heavy atom. The van der Waals surface area contributed by atoms with E-state index in [1.54, 1.807) is 29.5 Å². The lowest BCUT2D eigenvalue weighted by Crippen LogP contribution is -2.44. The maximum absolute atomic E-state index is 12.9. The number of amides is 1. The summed E-state index contributed by atoms with van der Waals surface area (Å²) in [5, 5.41) is 0. The molecule has 0 bridgehead atoms. The predicted octanol–water partition coefficient (Wildman–Crippen LogP) is 1.70. The van der Waals surface area contributed by atoms with Gasteiger partial charge in [0.2, 0.25) is 0 Å².